The van der Waals surface area contributed by atoms with E-state index in [2.05, 4.69) is 26.1 Å². The highest BCUT2D eigenvalue weighted by atomic mass is 32.2. The molecule has 0 atom stereocenters. The summed E-state index contributed by atoms with van der Waals surface area (Å²) in [6, 6.07) is 0. The molecule has 0 radical (unpaired) electrons. The molecule has 0 unspecified atom stereocenters. The van der Waals surface area contributed by atoms with Gasteiger partial charge in [-0.05, 0) is 18.3 Å². The van der Waals surface area contributed by atoms with E-state index in [1.54, 1.807) is 0 Å². The zero-order valence-electron chi connectivity index (χ0n) is 12.6. The van der Waals surface area contributed by atoms with Gasteiger partial charge < -0.3 is 5.32 Å². The van der Waals surface area contributed by atoms with Crippen LogP contribution >= 0.6 is 0 Å². The first-order chi connectivity index (χ1) is 8.33. The molecule has 0 fully saturated rings. The van der Waals surface area contributed by atoms with Gasteiger partial charge in [-0.15, -0.1) is 0 Å². The van der Waals surface area contributed by atoms with Gasteiger partial charge in [0.2, 0.25) is 0 Å². The van der Waals surface area contributed by atoms with Gasteiger partial charge in [-0.25, -0.2) is 8.42 Å². The van der Waals surface area contributed by atoms with Crippen molar-refractivity contribution >= 4 is 9.84 Å². The molecule has 0 aliphatic carbocycles. The van der Waals surface area contributed by atoms with E-state index in [-0.39, 0.29) is 11.2 Å². The summed E-state index contributed by atoms with van der Waals surface area (Å²) in [6.45, 7) is 10.1. The van der Waals surface area contributed by atoms with Crippen molar-refractivity contribution in [3.8, 4) is 0 Å². The van der Waals surface area contributed by atoms with Gasteiger partial charge >= 0.3 is 0 Å². The third-order valence-electron chi connectivity index (χ3n) is 3.17. The number of nitrogens with one attached hydrogen (secondary N) is 1. The molecule has 0 aromatic heterocycles. The molecule has 18 heavy (non-hydrogen) atoms. The van der Waals surface area contributed by atoms with Crippen molar-refractivity contribution in [2.24, 2.45) is 5.41 Å². The Morgan fingerprint density at radius 1 is 1.00 bits per heavy atom. The van der Waals surface area contributed by atoms with Gasteiger partial charge in [-0.1, -0.05) is 47.0 Å². The van der Waals surface area contributed by atoms with Crippen LogP contribution < -0.4 is 5.32 Å². The highest BCUT2D eigenvalue weighted by Gasteiger charge is 2.17. The molecule has 3 nitrogen and oxygen atoms in total. The van der Waals surface area contributed by atoms with Crippen LogP contribution in [0.5, 0.6) is 0 Å². The number of unbranched alkanes of at least 4 members (excludes halogenated alkanes) is 2. The molecule has 0 aromatic rings. The Bertz CT molecular complexity index is 297. The average Bonchev–Trinajstić information content (AvgIpc) is 2.25. The Hall–Kier alpha value is -0.0900. The van der Waals surface area contributed by atoms with Crippen LogP contribution in [0.15, 0.2) is 0 Å². The van der Waals surface area contributed by atoms with Crippen molar-refractivity contribution in [3.05, 3.63) is 0 Å². The second kappa shape index (κ2) is 8.92. The largest absolute Gasteiger partial charge is 0.315 e. The van der Waals surface area contributed by atoms with Crippen molar-refractivity contribution in [2.75, 3.05) is 24.6 Å². The van der Waals surface area contributed by atoms with E-state index < -0.39 is 9.84 Å². The Labute approximate surface area is 114 Å². The molecule has 0 aromatic carbocycles. The zero-order chi connectivity index (χ0) is 14.1. The fourth-order valence-corrected chi connectivity index (χ4v) is 3.29. The molecule has 0 bridgehead atoms. The van der Waals surface area contributed by atoms with Gasteiger partial charge in [0.15, 0.2) is 9.84 Å². The minimum absolute atomic E-state index is 0.268. The fraction of sp³-hybridized carbons (Fsp3) is 1.00. The Morgan fingerprint density at radius 2 is 1.67 bits per heavy atom. The lowest BCUT2D eigenvalue weighted by molar-refractivity contribution is 0.305. The van der Waals surface area contributed by atoms with Crippen LogP contribution in [0.25, 0.3) is 0 Å². The summed E-state index contributed by atoms with van der Waals surface area (Å²) in [5, 5.41) is 3.29. The average molecular weight is 277 g/mol. The molecule has 0 rings (SSSR count). The normalized spacial score (nSPS) is 12.9. The lowest BCUT2D eigenvalue weighted by atomic mass is 9.87. The SMILES string of the molecule is CCCCCC(C)(C)CNCCS(=O)(=O)CCC. The van der Waals surface area contributed by atoms with Crippen molar-refractivity contribution in [3.63, 3.8) is 0 Å². The summed E-state index contributed by atoms with van der Waals surface area (Å²) in [6.07, 6.45) is 5.72. The van der Waals surface area contributed by atoms with Gasteiger partial charge in [0.1, 0.15) is 0 Å². The molecule has 110 valence electrons. The van der Waals surface area contributed by atoms with Crippen LogP contribution in [0, 0.1) is 5.41 Å². The second-order valence-electron chi connectivity index (χ2n) is 5.95. The van der Waals surface area contributed by atoms with Crippen LogP contribution in [0.4, 0.5) is 0 Å². The van der Waals surface area contributed by atoms with Gasteiger partial charge in [0.25, 0.3) is 0 Å². The minimum Gasteiger partial charge on any atom is -0.315 e. The molecule has 0 spiro atoms. The Kier molecular flexibility index (Phi) is 8.87. The molecule has 0 heterocycles. The van der Waals surface area contributed by atoms with Crippen LogP contribution in [-0.4, -0.2) is 33.0 Å². The first kappa shape index (κ1) is 17.9. The summed E-state index contributed by atoms with van der Waals surface area (Å²) < 4.78 is 23.1. The van der Waals surface area contributed by atoms with Crippen molar-refractivity contribution in [1.82, 2.24) is 5.32 Å². The zero-order valence-corrected chi connectivity index (χ0v) is 13.4. The molecule has 4 heteroatoms. The molecule has 0 saturated heterocycles. The van der Waals surface area contributed by atoms with Crippen molar-refractivity contribution in [2.45, 2.75) is 59.8 Å². The first-order valence-corrected chi connectivity index (χ1v) is 9.06. The fourth-order valence-electron chi connectivity index (χ4n) is 2.01. The number of hydrogen-bond donors (Lipinski definition) is 1. The second-order valence-corrected chi connectivity index (χ2v) is 8.25. The molecule has 0 amide bonds. The van der Waals surface area contributed by atoms with E-state index in [0.29, 0.717) is 18.7 Å². The third-order valence-corrected chi connectivity index (χ3v) is 5.02. The van der Waals surface area contributed by atoms with E-state index in [1.165, 1.54) is 25.7 Å². The maximum absolute atomic E-state index is 11.5. The summed E-state index contributed by atoms with van der Waals surface area (Å²) in [5.41, 5.74) is 0.268. The van der Waals surface area contributed by atoms with E-state index >= 15 is 0 Å². The molecule has 0 aliphatic rings. The van der Waals surface area contributed by atoms with Gasteiger partial charge in [-0.2, -0.15) is 0 Å². The molecule has 1 N–H and O–H groups in total. The molecular weight excluding hydrogens is 246 g/mol. The number of rotatable bonds is 11. The Morgan fingerprint density at radius 3 is 2.22 bits per heavy atom. The highest BCUT2D eigenvalue weighted by molar-refractivity contribution is 7.91. The maximum atomic E-state index is 11.5. The number of hydrogen-bond acceptors (Lipinski definition) is 3. The number of sulfone groups is 1. The first-order valence-electron chi connectivity index (χ1n) is 7.24. The quantitative estimate of drug-likeness (QED) is 0.591. The van der Waals surface area contributed by atoms with E-state index in [0.717, 1.165) is 6.54 Å². The lowest BCUT2D eigenvalue weighted by Gasteiger charge is -2.25. The molecule has 0 saturated carbocycles. The van der Waals surface area contributed by atoms with Gasteiger partial charge in [0, 0.05) is 18.8 Å². The van der Waals surface area contributed by atoms with E-state index in [4.69, 9.17) is 0 Å². The molecular formula is C14H31NO2S. The van der Waals surface area contributed by atoms with Crippen molar-refractivity contribution < 1.29 is 8.42 Å². The standard InChI is InChI=1S/C14H31NO2S/c1-5-7-8-9-14(3,4)13-15-10-12-18(16,17)11-6-2/h15H,5-13H2,1-4H3. The minimum atomic E-state index is -2.83. The van der Waals surface area contributed by atoms with Crippen LogP contribution in [-0.2, 0) is 9.84 Å². The highest BCUT2D eigenvalue weighted by Crippen LogP contribution is 2.22. The van der Waals surface area contributed by atoms with Crippen molar-refractivity contribution in [1.29, 1.82) is 0 Å². The van der Waals surface area contributed by atoms with Gasteiger partial charge in [0.05, 0.1) is 5.75 Å². The topological polar surface area (TPSA) is 46.2 Å². The summed E-state index contributed by atoms with van der Waals surface area (Å²) >= 11 is 0. The lowest BCUT2D eigenvalue weighted by Crippen LogP contribution is -2.33. The van der Waals surface area contributed by atoms with Gasteiger partial charge in [-0.3, -0.25) is 0 Å². The molecule has 0 aliphatic heterocycles. The predicted octanol–water partition coefficient (Wildman–Crippen LogP) is 3.01. The predicted molar refractivity (Wildman–Crippen MR) is 79.7 cm³/mol. The van der Waals surface area contributed by atoms with Crippen LogP contribution in [0.1, 0.15) is 59.8 Å². The Balaban J connectivity index is 3.76. The maximum Gasteiger partial charge on any atom is 0.151 e. The summed E-state index contributed by atoms with van der Waals surface area (Å²) in [5.74, 6) is 0.584. The van der Waals surface area contributed by atoms with Crippen LogP contribution in [0.2, 0.25) is 0 Å². The smallest absolute Gasteiger partial charge is 0.151 e. The third kappa shape index (κ3) is 9.89. The van der Waals surface area contributed by atoms with Crippen LogP contribution in [0.3, 0.4) is 0 Å². The summed E-state index contributed by atoms with van der Waals surface area (Å²) in [7, 11) is -2.83. The summed E-state index contributed by atoms with van der Waals surface area (Å²) in [4.78, 5) is 0. The van der Waals surface area contributed by atoms with E-state index in [1.807, 2.05) is 6.92 Å². The van der Waals surface area contributed by atoms with E-state index in [9.17, 15) is 8.42 Å². The monoisotopic (exact) mass is 277 g/mol.